The summed E-state index contributed by atoms with van der Waals surface area (Å²) in [6, 6.07) is 0. The van der Waals surface area contributed by atoms with Gasteiger partial charge in [-0.2, -0.15) is 0 Å². The van der Waals surface area contributed by atoms with Gasteiger partial charge in [0.1, 0.15) is 11.9 Å². The molecule has 4 heteroatoms. The lowest BCUT2D eigenvalue weighted by molar-refractivity contribution is -0.122. The summed E-state index contributed by atoms with van der Waals surface area (Å²) in [5.41, 5.74) is 0. The molecule has 0 aromatic carbocycles. The lowest BCUT2D eigenvalue weighted by Crippen LogP contribution is -2.36. The molecular formula is C14H21NO3. The standard InChI is InChI=1S/C14H21NO3/c1-3-5-11-15(10-4-2)14(17)18-13-8-6-12(16)7-9-13/h1,13H,4-11H2,2H3. The highest BCUT2D eigenvalue weighted by Crippen LogP contribution is 2.18. The zero-order valence-corrected chi connectivity index (χ0v) is 11.0. The lowest BCUT2D eigenvalue weighted by Gasteiger charge is -2.26. The SMILES string of the molecule is C#CCCN(CCC)C(=O)OC1CCC(=O)CC1. The summed E-state index contributed by atoms with van der Waals surface area (Å²) in [5.74, 6) is 2.79. The Labute approximate surface area is 109 Å². The van der Waals surface area contributed by atoms with Crippen molar-refractivity contribution in [3.05, 3.63) is 0 Å². The minimum atomic E-state index is -0.300. The smallest absolute Gasteiger partial charge is 0.410 e. The van der Waals surface area contributed by atoms with Crippen LogP contribution in [0.4, 0.5) is 4.79 Å². The van der Waals surface area contributed by atoms with Crippen molar-refractivity contribution in [1.29, 1.82) is 0 Å². The Kier molecular flexibility index (Phi) is 6.27. The predicted molar refractivity (Wildman–Crippen MR) is 69.1 cm³/mol. The number of rotatable bonds is 5. The maximum atomic E-state index is 11.9. The third kappa shape index (κ3) is 4.79. The molecule has 1 fully saturated rings. The maximum Gasteiger partial charge on any atom is 0.410 e. The maximum absolute atomic E-state index is 11.9. The molecule has 0 aliphatic heterocycles. The van der Waals surface area contributed by atoms with Crippen LogP contribution in [0.1, 0.15) is 45.4 Å². The van der Waals surface area contributed by atoms with Crippen LogP contribution >= 0.6 is 0 Å². The highest BCUT2D eigenvalue weighted by molar-refractivity contribution is 5.79. The molecule has 0 aromatic rings. The second kappa shape index (κ2) is 7.75. The summed E-state index contributed by atoms with van der Waals surface area (Å²) < 4.78 is 5.42. The van der Waals surface area contributed by atoms with Gasteiger partial charge in [0, 0.05) is 32.4 Å². The van der Waals surface area contributed by atoms with E-state index in [1.54, 1.807) is 4.90 Å². The quantitative estimate of drug-likeness (QED) is 0.705. The van der Waals surface area contributed by atoms with Gasteiger partial charge in [0.25, 0.3) is 0 Å². The van der Waals surface area contributed by atoms with Crippen LogP contribution < -0.4 is 0 Å². The van der Waals surface area contributed by atoms with Gasteiger partial charge in [0.2, 0.25) is 0 Å². The fourth-order valence-corrected chi connectivity index (χ4v) is 2.01. The average Bonchev–Trinajstić information content (AvgIpc) is 2.37. The van der Waals surface area contributed by atoms with Crippen LogP contribution in [-0.2, 0) is 9.53 Å². The van der Waals surface area contributed by atoms with E-state index in [1.807, 2.05) is 6.92 Å². The number of ether oxygens (including phenoxy) is 1. The zero-order chi connectivity index (χ0) is 13.4. The van der Waals surface area contributed by atoms with E-state index in [4.69, 9.17) is 11.2 Å². The first kappa shape index (κ1) is 14.6. The molecule has 0 radical (unpaired) electrons. The van der Waals surface area contributed by atoms with E-state index in [0.29, 0.717) is 45.2 Å². The third-order valence-electron chi connectivity index (χ3n) is 3.04. The second-order valence-electron chi connectivity index (χ2n) is 4.56. The monoisotopic (exact) mass is 251 g/mol. The third-order valence-corrected chi connectivity index (χ3v) is 3.04. The van der Waals surface area contributed by atoms with Crippen LogP contribution in [0, 0.1) is 12.3 Å². The number of carbonyl (C=O) groups is 2. The van der Waals surface area contributed by atoms with Gasteiger partial charge < -0.3 is 9.64 Å². The summed E-state index contributed by atoms with van der Waals surface area (Å²) in [6.45, 7) is 3.20. The summed E-state index contributed by atoms with van der Waals surface area (Å²) >= 11 is 0. The van der Waals surface area contributed by atoms with Crippen LogP contribution in [-0.4, -0.2) is 36.0 Å². The number of nitrogens with zero attached hydrogens (tertiary/aromatic N) is 1. The Morgan fingerprint density at radius 2 is 2.11 bits per heavy atom. The van der Waals surface area contributed by atoms with E-state index in [1.165, 1.54) is 0 Å². The molecule has 1 amide bonds. The second-order valence-corrected chi connectivity index (χ2v) is 4.56. The summed E-state index contributed by atoms with van der Waals surface area (Å²) in [6.07, 6.45) is 8.57. The normalized spacial score (nSPS) is 16.1. The van der Waals surface area contributed by atoms with Crippen molar-refractivity contribution in [2.45, 2.75) is 51.6 Å². The first-order valence-corrected chi connectivity index (χ1v) is 6.58. The minimum Gasteiger partial charge on any atom is -0.446 e. The number of terminal acetylenes is 1. The summed E-state index contributed by atoms with van der Waals surface area (Å²) in [4.78, 5) is 24.7. The van der Waals surface area contributed by atoms with Crippen LogP contribution in [0.25, 0.3) is 0 Å². The van der Waals surface area contributed by atoms with Gasteiger partial charge in [-0.05, 0) is 19.3 Å². The molecule has 0 saturated heterocycles. The fourth-order valence-electron chi connectivity index (χ4n) is 2.01. The highest BCUT2D eigenvalue weighted by Gasteiger charge is 2.24. The average molecular weight is 251 g/mol. The van der Waals surface area contributed by atoms with Crippen molar-refractivity contribution < 1.29 is 14.3 Å². The van der Waals surface area contributed by atoms with Crippen LogP contribution in [0.3, 0.4) is 0 Å². The Bertz CT molecular complexity index is 322. The van der Waals surface area contributed by atoms with Crippen molar-refractivity contribution in [2.75, 3.05) is 13.1 Å². The molecular weight excluding hydrogens is 230 g/mol. The van der Waals surface area contributed by atoms with E-state index in [-0.39, 0.29) is 18.0 Å². The highest BCUT2D eigenvalue weighted by atomic mass is 16.6. The molecule has 0 N–H and O–H groups in total. The fraction of sp³-hybridized carbons (Fsp3) is 0.714. The zero-order valence-electron chi connectivity index (χ0n) is 11.0. The van der Waals surface area contributed by atoms with E-state index < -0.39 is 0 Å². The predicted octanol–water partition coefficient (Wildman–Crippen LogP) is 2.37. The molecule has 100 valence electrons. The van der Waals surface area contributed by atoms with Gasteiger partial charge >= 0.3 is 6.09 Å². The number of hydrogen-bond donors (Lipinski definition) is 0. The Balaban J connectivity index is 2.40. The van der Waals surface area contributed by atoms with Gasteiger partial charge in [-0.3, -0.25) is 4.79 Å². The number of Topliss-reactive ketones (excluding diaryl/α,β-unsaturated/α-hetero) is 1. The van der Waals surface area contributed by atoms with Gasteiger partial charge in [-0.1, -0.05) is 6.92 Å². The van der Waals surface area contributed by atoms with Gasteiger partial charge in [-0.15, -0.1) is 12.3 Å². The lowest BCUT2D eigenvalue weighted by atomic mass is 9.97. The Morgan fingerprint density at radius 3 is 2.67 bits per heavy atom. The number of hydrogen-bond acceptors (Lipinski definition) is 3. The van der Waals surface area contributed by atoms with E-state index in [0.717, 1.165) is 6.42 Å². The van der Waals surface area contributed by atoms with Crippen molar-refractivity contribution in [1.82, 2.24) is 4.90 Å². The molecule has 0 atom stereocenters. The molecule has 1 rings (SSSR count). The van der Waals surface area contributed by atoms with Crippen LogP contribution in [0.2, 0.25) is 0 Å². The molecule has 0 aromatic heterocycles. The van der Waals surface area contributed by atoms with E-state index >= 15 is 0 Å². The number of ketones is 1. The van der Waals surface area contributed by atoms with Gasteiger partial charge in [0.05, 0.1) is 0 Å². The van der Waals surface area contributed by atoms with Gasteiger partial charge in [0.15, 0.2) is 0 Å². The first-order chi connectivity index (χ1) is 8.67. The number of amides is 1. The molecule has 4 nitrogen and oxygen atoms in total. The largest absolute Gasteiger partial charge is 0.446 e. The van der Waals surface area contributed by atoms with Crippen molar-refractivity contribution in [3.63, 3.8) is 0 Å². The van der Waals surface area contributed by atoms with Crippen molar-refractivity contribution in [2.24, 2.45) is 0 Å². The van der Waals surface area contributed by atoms with Crippen molar-refractivity contribution >= 4 is 11.9 Å². The molecule has 1 saturated carbocycles. The summed E-state index contributed by atoms with van der Waals surface area (Å²) in [7, 11) is 0. The topological polar surface area (TPSA) is 46.6 Å². The molecule has 0 heterocycles. The van der Waals surface area contributed by atoms with E-state index in [9.17, 15) is 9.59 Å². The molecule has 0 unspecified atom stereocenters. The minimum absolute atomic E-state index is 0.111. The Morgan fingerprint density at radius 1 is 1.44 bits per heavy atom. The molecule has 0 bridgehead atoms. The molecule has 0 spiro atoms. The van der Waals surface area contributed by atoms with Gasteiger partial charge in [-0.25, -0.2) is 4.79 Å². The summed E-state index contributed by atoms with van der Waals surface area (Å²) in [5, 5.41) is 0. The molecule has 1 aliphatic carbocycles. The number of carbonyl (C=O) groups excluding carboxylic acids is 2. The molecule has 1 aliphatic rings. The van der Waals surface area contributed by atoms with Crippen LogP contribution in [0.5, 0.6) is 0 Å². The first-order valence-electron chi connectivity index (χ1n) is 6.58. The van der Waals surface area contributed by atoms with Crippen molar-refractivity contribution in [3.8, 4) is 12.3 Å². The molecule has 18 heavy (non-hydrogen) atoms. The van der Waals surface area contributed by atoms with E-state index in [2.05, 4.69) is 5.92 Å². The van der Waals surface area contributed by atoms with Crippen LogP contribution in [0.15, 0.2) is 0 Å². The Hall–Kier alpha value is -1.50.